The molecule has 3 rings (SSSR count). The van der Waals surface area contributed by atoms with Crippen molar-refractivity contribution in [2.75, 3.05) is 18.8 Å². The molecule has 3 nitrogen and oxygen atoms in total. The summed E-state index contributed by atoms with van der Waals surface area (Å²) in [6.07, 6.45) is 3.96. The van der Waals surface area contributed by atoms with Crippen LogP contribution in [0.3, 0.4) is 0 Å². The minimum atomic E-state index is 0.0889. The number of aryl methyl sites for hydroxylation is 1. The maximum atomic E-state index is 12.3. The Hall–Kier alpha value is -1.78. The van der Waals surface area contributed by atoms with Gasteiger partial charge in [0.25, 0.3) is 0 Å². The Morgan fingerprint density at radius 2 is 1.69 bits per heavy atom. The van der Waals surface area contributed by atoms with Crippen LogP contribution in [0.2, 0.25) is 0 Å². The molecule has 138 valence electrons. The summed E-state index contributed by atoms with van der Waals surface area (Å²) in [6.45, 7) is 6.06. The third kappa shape index (κ3) is 5.61. The monoisotopic (exact) mass is 368 g/mol. The second-order valence-electron chi connectivity index (χ2n) is 6.94. The number of hydrogen-bond donors (Lipinski definition) is 1. The van der Waals surface area contributed by atoms with Crippen LogP contribution in [0.5, 0.6) is 0 Å². The fraction of sp³-hybridized carbons (Fsp3) is 0.409. The van der Waals surface area contributed by atoms with Gasteiger partial charge in [-0.2, -0.15) is 0 Å². The van der Waals surface area contributed by atoms with Crippen molar-refractivity contribution < 1.29 is 4.79 Å². The van der Waals surface area contributed by atoms with Gasteiger partial charge in [-0.3, -0.25) is 9.69 Å². The number of piperidine rings is 1. The number of thioether (sulfide) groups is 1. The Bertz CT molecular complexity index is 726. The highest BCUT2D eigenvalue weighted by Gasteiger charge is 2.13. The lowest BCUT2D eigenvalue weighted by Gasteiger charge is -2.27. The van der Waals surface area contributed by atoms with Crippen LogP contribution in [0.15, 0.2) is 53.4 Å². The van der Waals surface area contributed by atoms with Crippen molar-refractivity contribution in [1.82, 2.24) is 10.2 Å². The van der Waals surface area contributed by atoms with E-state index in [0.717, 1.165) is 6.54 Å². The Morgan fingerprint density at radius 1 is 1.00 bits per heavy atom. The van der Waals surface area contributed by atoms with E-state index in [9.17, 15) is 4.79 Å². The SMILES string of the molecule is Cc1ccccc1SCC(=O)NCc1ccccc1CN1CCCCC1. The summed E-state index contributed by atoms with van der Waals surface area (Å²) in [6, 6.07) is 16.7. The normalized spacial score (nSPS) is 15.0. The minimum Gasteiger partial charge on any atom is -0.351 e. The lowest BCUT2D eigenvalue weighted by atomic mass is 10.0. The molecule has 1 heterocycles. The average molecular weight is 369 g/mol. The lowest BCUT2D eigenvalue weighted by molar-refractivity contribution is -0.118. The highest BCUT2D eigenvalue weighted by Crippen LogP contribution is 2.21. The molecule has 0 spiro atoms. The number of benzene rings is 2. The number of nitrogens with zero attached hydrogens (tertiary/aromatic N) is 1. The second-order valence-corrected chi connectivity index (χ2v) is 7.95. The highest BCUT2D eigenvalue weighted by molar-refractivity contribution is 8.00. The molecule has 2 aromatic rings. The molecule has 0 bridgehead atoms. The first-order chi connectivity index (χ1) is 12.7. The first-order valence-corrected chi connectivity index (χ1v) is 10.5. The summed E-state index contributed by atoms with van der Waals surface area (Å²) in [7, 11) is 0. The maximum Gasteiger partial charge on any atom is 0.230 e. The summed E-state index contributed by atoms with van der Waals surface area (Å²) in [5.74, 6) is 0.546. The molecule has 2 aromatic carbocycles. The third-order valence-corrected chi connectivity index (χ3v) is 6.06. The first kappa shape index (κ1) is 19.0. The number of amides is 1. The molecule has 0 saturated carbocycles. The van der Waals surface area contributed by atoms with Gasteiger partial charge in [0, 0.05) is 18.0 Å². The first-order valence-electron chi connectivity index (χ1n) is 9.46. The van der Waals surface area contributed by atoms with Gasteiger partial charge in [0.05, 0.1) is 5.75 Å². The van der Waals surface area contributed by atoms with Crippen molar-refractivity contribution in [2.45, 2.75) is 44.2 Å². The summed E-state index contributed by atoms with van der Waals surface area (Å²) < 4.78 is 0. The molecule has 1 amide bonds. The Balaban J connectivity index is 1.51. The molecule has 1 aliphatic heterocycles. The van der Waals surface area contributed by atoms with Gasteiger partial charge < -0.3 is 5.32 Å². The highest BCUT2D eigenvalue weighted by atomic mass is 32.2. The van der Waals surface area contributed by atoms with Crippen LogP contribution in [0.4, 0.5) is 0 Å². The molecule has 4 heteroatoms. The molecular weight excluding hydrogens is 340 g/mol. The predicted molar refractivity (Wildman–Crippen MR) is 109 cm³/mol. The average Bonchev–Trinajstić information content (AvgIpc) is 2.67. The van der Waals surface area contributed by atoms with Crippen molar-refractivity contribution in [3.63, 3.8) is 0 Å². The smallest absolute Gasteiger partial charge is 0.230 e. The van der Waals surface area contributed by atoms with Crippen LogP contribution < -0.4 is 5.32 Å². The zero-order chi connectivity index (χ0) is 18.2. The Morgan fingerprint density at radius 3 is 2.46 bits per heavy atom. The minimum absolute atomic E-state index is 0.0889. The van der Waals surface area contributed by atoms with E-state index in [0.29, 0.717) is 12.3 Å². The van der Waals surface area contributed by atoms with Gasteiger partial charge in [0.1, 0.15) is 0 Å². The summed E-state index contributed by atoms with van der Waals surface area (Å²) in [4.78, 5) is 16.0. The molecule has 1 N–H and O–H groups in total. The van der Waals surface area contributed by atoms with Crippen LogP contribution in [0.1, 0.15) is 36.0 Å². The van der Waals surface area contributed by atoms with Gasteiger partial charge in [0.15, 0.2) is 0 Å². The van der Waals surface area contributed by atoms with E-state index in [1.54, 1.807) is 11.8 Å². The van der Waals surface area contributed by atoms with E-state index in [2.05, 4.69) is 53.5 Å². The number of likely N-dealkylation sites (tertiary alicyclic amines) is 1. The molecule has 1 saturated heterocycles. The molecule has 0 aromatic heterocycles. The molecule has 1 fully saturated rings. The molecule has 0 aliphatic carbocycles. The fourth-order valence-corrected chi connectivity index (χ4v) is 4.21. The quantitative estimate of drug-likeness (QED) is 0.736. The molecule has 0 radical (unpaired) electrons. The Kier molecular flexibility index (Phi) is 7.15. The zero-order valence-corrected chi connectivity index (χ0v) is 16.4. The fourth-order valence-electron chi connectivity index (χ4n) is 3.35. The van der Waals surface area contributed by atoms with Crippen LogP contribution in [-0.4, -0.2) is 29.6 Å². The summed E-state index contributed by atoms with van der Waals surface area (Å²) >= 11 is 1.60. The van der Waals surface area contributed by atoms with Crippen molar-refractivity contribution in [3.05, 3.63) is 65.2 Å². The second kappa shape index (κ2) is 9.79. The van der Waals surface area contributed by atoms with Crippen molar-refractivity contribution in [1.29, 1.82) is 0 Å². The molecule has 1 aliphatic rings. The largest absolute Gasteiger partial charge is 0.351 e. The van der Waals surface area contributed by atoms with Crippen molar-refractivity contribution in [2.24, 2.45) is 0 Å². The maximum absolute atomic E-state index is 12.3. The summed E-state index contributed by atoms with van der Waals surface area (Å²) in [5, 5.41) is 3.09. The van der Waals surface area contributed by atoms with Crippen molar-refractivity contribution >= 4 is 17.7 Å². The number of carbonyl (C=O) groups excluding carboxylic acids is 1. The molecule has 26 heavy (non-hydrogen) atoms. The van der Waals surface area contributed by atoms with Gasteiger partial charge in [-0.1, -0.05) is 48.9 Å². The summed E-state index contributed by atoms with van der Waals surface area (Å²) in [5.41, 5.74) is 3.78. The van der Waals surface area contributed by atoms with Gasteiger partial charge in [0.2, 0.25) is 5.91 Å². The van der Waals surface area contributed by atoms with E-state index in [-0.39, 0.29) is 5.91 Å². The van der Waals surface area contributed by atoms with E-state index in [1.807, 2.05) is 12.1 Å². The van der Waals surface area contributed by atoms with Crippen LogP contribution >= 0.6 is 11.8 Å². The number of carbonyl (C=O) groups is 1. The van der Waals surface area contributed by atoms with E-state index in [1.165, 1.54) is 53.9 Å². The van der Waals surface area contributed by atoms with Gasteiger partial charge in [-0.15, -0.1) is 11.8 Å². The Labute approximate surface area is 161 Å². The zero-order valence-electron chi connectivity index (χ0n) is 15.5. The third-order valence-electron chi connectivity index (χ3n) is 4.89. The molecular formula is C22H28N2OS. The number of rotatable bonds is 7. The number of nitrogens with one attached hydrogen (secondary N) is 1. The topological polar surface area (TPSA) is 32.3 Å². The van der Waals surface area contributed by atoms with Gasteiger partial charge in [-0.25, -0.2) is 0 Å². The molecule has 0 unspecified atom stereocenters. The van der Waals surface area contributed by atoms with E-state index < -0.39 is 0 Å². The molecule has 0 atom stereocenters. The van der Waals surface area contributed by atoms with E-state index in [4.69, 9.17) is 0 Å². The standard InChI is InChI=1S/C22H28N2OS/c1-18-9-3-6-12-21(18)26-17-22(25)23-15-19-10-4-5-11-20(19)16-24-13-7-2-8-14-24/h3-6,9-12H,2,7-8,13-17H2,1H3,(H,23,25). The van der Waals surface area contributed by atoms with Crippen molar-refractivity contribution in [3.8, 4) is 0 Å². The predicted octanol–water partition coefficient (Wildman–Crippen LogP) is 4.39. The van der Waals surface area contributed by atoms with Crippen LogP contribution in [-0.2, 0) is 17.9 Å². The van der Waals surface area contributed by atoms with Crippen LogP contribution in [0, 0.1) is 6.92 Å². The lowest BCUT2D eigenvalue weighted by Crippen LogP contribution is -2.30. The number of hydrogen-bond acceptors (Lipinski definition) is 3. The van der Waals surface area contributed by atoms with Crippen LogP contribution in [0.25, 0.3) is 0 Å². The van der Waals surface area contributed by atoms with E-state index >= 15 is 0 Å². The van der Waals surface area contributed by atoms with Gasteiger partial charge >= 0.3 is 0 Å². The van der Waals surface area contributed by atoms with Gasteiger partial charge in [-0.05, 0) is 55.6 Å².